The molecule has 3 heteroatoms. The third-order valence-corrected chi connectivity index (χ3v) is 4.13. The minimum absolute atomic E-state index is 0.0638. The number of rotatable bonds is 7. The molecule has 28 heavy (non-hydrogen) atoms. The average Bonchev–Trinajstić information content (AvgIpc) is 2.72. The van der Waals surface area contributed by atoms with Gasteiger partial charge in [0.15, 0.2) is 5.78 Å². The summed E-state index contributed by atoms with van der Waals surface area (Å²) in [6.07, 6.45) is 6.75. The van der Waals surface area contributed by atoms with Crippen molar-refractivity contribution in [3.05, 3.63) is 102 Å². The molecule has 0 aliphatic rings. The lowest BCUT2D eigenvalue weighted by atomic mass is 10.1. The number of carbonyl (C=O) groups is 1. The van der Waals surface area contributed by atoms with Gasteiger partial charge in [-0.3, -0.25) is 4.79 Å². The summed E-state index contributed by atoms with van der Waals surface area (Å²) >= 11 is 0. The molecule has 0 radical (unpaired) electrons. The number of hydrogen-bond donors (Lipinski definition) is 0. The first kappa shape index (κ1) is 19.2. The Morgan fingerprint density at radius 2 is 1.39 bits per heavy atom. The zero-order chi connectivity index (χ0) is 19.8. The topological polar surface area (TPSA) is 29.5 Å². The maximum Gasteiger partial charge on any atom is 0.178 e. The lowest BCUT2D eigenvalue weighted by molar-refractivity contribution is -0.110. The van der Waals surface area contributed by atoms with Crippen LogP contribution in [0.15, 0.2) is 91.0 Å². The van der Waals surface area contributed by atoms with E-state index >= 15 is 0 Å². The van der Waals surface area contributed by atoms with Crippen LogP contribution in [0.4, 0.5) is 5.69 Å². The maximum atomic E-state index is 12.1. The van der Waals surface area contributed by atoms with Gasteiger partial charge >= 0.3 is 0 Å². The van der Waals surface area contributed by atoms with Crippen LogP contribution in [0.25, 0.3) is 12.2 Å². The van der Waals surface area contributed by atoms with Crippen LogP contribution < -0.4 is 9.64 Å². The van der Waals surface area contributed by atoms with E-state index in [9.17, 15) is 4.79 Å². The Bertz CT molecular complexity index is 971. The Morgan fingerprint density at radius 1 is 0.750 bits per heavy atom. The van der Waals surface area contributed by atoms with Crippen molar-refractivity contribution in [2.24, 2.45) is 0 Å². The molecular weight excluding hydrogens is 346 g/mol. The number of nitrogens with zero attached hydrogens (tertiary/aromatic N) is 1. The highest BCUT2D eigenvalue weighted by Crippen LogP contribution is 2.22. The van der Waals surface area contributed by atoms with Crippen LogP contribution in [0, 0.1) is 0 Å². The van der Waals surface area contributed by atoms with Crippen LogP contribution >= 0.6 is 0 Å². The number of benzene rings is 3. The van der Waals surface area contributed by atoms with Crippen molar-refractivity contribution < 1.29 is 9.53 Å². The van der Waals surface area contributed by atoms with Crippen LogP contribution in [0.1, 0.15) is 11.1 Å². The van der Waals surface area contributed by atoms with Crippen molar-refractivity contribution in [2.75, 3.05) is 19.0 Å². The van der Waals surface area contributed by atoms with E-state index in [1.54, 1.807) is 18.2 Å². The second kappa shape index (κ2) is 9.38. The van der Waals surface area contributed by atoms with Crippen molar-refractivity contribution in [3.8, 4) is 11.5 Å². The minimum atomic E-state index is -0.0638. The van der Waals surface area contributed by atoms with E-state index in [0.717, 1.165) is 28.3 Å². The maximum absolute atomic E-state index is 12.1. The van der Waals surface area contributed by atoms with Gasteiger partial charge < -0.3 is 9.64 Å². The molecule has 0 aliphatic carbocycles. The molecule has 3 rings (SSSR count). The van der Waals surface area contributed by atoms with Gasteiger partial charge in [-0.15, -0.1) is 0 Å². The van der Waals surface area contributed by atoms with Crippen LogP contribution in [-0.4, -0.2) is 19.9 Å². The Morgan fingerprint density at radius 3 is 2.07 bits per heavy atom. The summed E-state index contributed by atoms with van der Waals surface area (Å²) in [6, 6.07) is 25.3. The molecule has 0 N–H and O–H groups in total. The van der Waals surface area contributed by atoms with E-state index in [1.165, 1.54) is 0 Å². The van der Waals surface area contributed by atoms with Crippen molar-refractivity contribution in [1.29, 1.82) is 0 Å². The first-order valence-electron chi connectivity index (χ1n) is 9.11. The molecule has 0 atom stereocenters. The summed E-state index contributed by atoms with van der Waals surface area (Å²) < 4.78 is 5.82. The van der Waals surface area contributed by atoms with Gasteiger partial charge in [-0.1, -0.05) is 54.6 Å². The molecule has 0 saturated heterocycles. The normalized spacial score (nSPS) is 11.1. The number of anilines is 1. The zero-order valence-electron chi connectivity index (χ0n) is 16.1. The van der Waals surface area contributed by atoms with Gasteiger partial charge in [0.1, 0.15) is 11.5 Å². The number of para-hydroxylation sites is 1. The van der Waals surface area contributed by atoms with Crippen LogP contribution in [0.3, 0.4) is 0 Å². The molecule has 0 heterocycles. The van der Waals surface area contributed by atoms with E-state index in [-0.39, 0.29) is 5.78 Å². The summed E-state index contributed by atoms with van der Waals surface area (Å²) in [5, 5.41) is 0. The minimum Gasteiger partial charge on any atom is -0.457 e. The van der Waals surface area contributed by atoms with Crippen molar-refractivity contribution in [2.45, 2.75) is 0 Å². The smallest absolute Gasteiger partial charge is 0.178 e. The van der Waals surface area contributed by atoms with Crippen LogP contribution in [0.5, 0.6) is 11.5 Å². The molecule has 3 nitrogen and oxygen atoms in total. The third-order valence-electron chi connectivity index (χ3n) is 4.13. The number of carbonyl (C=O) groups excluding carboxylic acids is 1. The van der Waals surface area contributed by atoms with Gasteiger partial charge in [0, 0.05) is 19.8 Å². The summed E-state index contributed by atoms with van der Waals surface area (Å²) in [5.74, 6) is 1.45. The Kier molecular flexibility index (Phi) is 6.42. The van der Waals surface area contributed by atoms with Crippen molar-refractivity contribution in [1.82, 2.24) is 0 Å². The van der Waals surface area contributed by atoms with Crippen LogP contribution in [-0.2, 0) is 4.79 Å². The van der Waals surface area contributed by atoms with E-state index in [2.05, 4.69) is 0 Å². The average molecular weight is 369 g/mol. The highest BCUT2D eigenvalue weighted by Gasteiger charge is 1.98. The summed E-state index contributed by atoms with van der Waals surface area (Å²) in [4.78, 5) is 14.2. The molecule has 0 fully saturated rings. The molecular formula is C25H23NO2. The fourth-order valence-corrected chi connectivity index (χ4v) is 2.60. The predicted octanol–water partition coefficient (Wildman–Crippen LogP) is 5.84. The Labute approximate surface area is 166 Å². The molecule has 0 amide bonds. The fourth-order valence-electron chi connectivity index (χ4n) is 2.60. The zero-order valence-corrected chi connectivity index (χ0v) is 16.1. The van der Waals surface area contributed by atoms with Crippen molar-refractivity contribution in [3.63, 3.8) is 0 Å². The van der Waals surface area contributed by atoms with E-state index < -0.39 is 0 Å². The second-order valence-corrected chi connectivity index (χ2v) is 6.54. The van der Waals surface area contributed by atoms with E-state index in [1.807, 2.05) is 104 Å². The Hall–Kier alpha value is -3.59. The fraction of sp³-hybridized carbons (Fsp3) is 0.0800. The van der Waals surface area contributed by atoms with Gasteiger partial charge in [-0.2, -0.15) is 0 Å². The summed E-state index contributed by atoms with van der Waals surface area (Å²) in [6.45, 7) is 0. The molecule has 3 aromatic carbocycles. The number of allylic oxidation sites excluding steroid dienone is 2. The quantitative estimate of drug-likeness (QED) is 0.490. The van der Waals surface area contributed by atoms with Crippen LogP contribution in [0.2, 0.25) is 0 Å². The molecule has 0 spiro atoms. The Balaban J connectivity index is 1.61. The molecule has 0 bridgehead atoms. The monoisotopic (exact) mass is 369 g/mol. The third kappa shape index (κ3) is 5.71. The standard InChI is InChI=1S/C25H23NO2/c1-26(2)22-15-11-20(12-16-22)13-17-23(27)18-14-21-7-6-10-25(19-21)28-24-8-4-3-5-9-24/h3-19H,1-2H3/b17-13+,18-14+. The lowest BCUT2D eigenvalue weighted by Crippen LogP contribution is -2.07. The van der Waals surface area contributed by atoms with Gasteiger partial charge in [-0.05, 0) is 59.7 Å². The van der Waals surface area contributed by atoms with E-state index in [4.69, 9.17) is 4.74 Å². The van der Waals surface area contributed by atoms with Gasteiger partial charge in [-0.25, -0.2) is 0 Å². The molecule has 0 aromatic heterocycles. The second-order valence-electron chi connectivity index (χ2n) is 6.54. The largest absolute Gasteiger partial charge is 0.457 e. The van der Waals surface area contributed by atoms with E-state index in [0.29, 0.717) is 0 Å². The number of hydrogen-bond acceptors (Lipinski definition) is 3. The highest BCUT2D eigenvalue weighted by molar-refractivity contribution is 6.04. The van der Waals surface area contributed by atoms with Crippen molar-refractivity contribution >= 4 is 23.6 Å². The highest BCUT2D eigenvalue weighted by atomic mass is 16.5. The SMILES string of the molecule is CN(C)c1ccc(/C=C/C(=O)/C=C/c2cccc(Oc3ccccc3)c2)cc1. The molecule has 3 aromatic rings. The summed E-state index contributed by atoms with van der Waals surface area (Å²) in [7, 11) is 4.00. The molecule has 140 valence electrons. The molecule has 0 unspecified atom stereocenters. The van der Waals surface area contributed by atoms with Gasteiger partial charge in [0.2, 0.25) is 0 Å². The molecule has 0 aliphatic heterocycles. The molecule has 0 saturated carbocycles. The first-order valence-corrected chi connectivity index (χ1v) is 9.11. The first-order chi connectivity index (χ1) is 13.6. The van der Waals surface area contributed by atoms with Gasteiger partial charge in [0.05, 0.1) is 0 Å². The summed E-state index contributed by atoms with van der Waals surface area (Å²) in [5.41, 5.74) is 3.03. The lowest BCUT2D eigenvalue weighted by Gasteiger charge is -2.11. The number of ketones is 1. The number of ether oxygens (including phenoxy) is 1. The van der Waals surface area contributed by atoms with Gasteiger partial charge in [0.25, 0.3) is 0 Å². The predicted molar refractivity (Wildman–Crippen MR) is 117 cm³/mol.